The third-order valence-corrected chi connectivity index (χ3v) is 5.53. The third-order valence-electron chi connectivity index (χ3n) is 4.33. The zero-order valence-electron chi connectivity index (χ0n) is 16.3. The molecule has 3 aromatic rings. The number of nitrogens with one attached hydrogen (secondary N) is 1. The molecule has 0 radical (unpaired) electrons. The summed E-state index contributed by atoms with van der Waals surface area (Å²) in [4.78, 5) is 29.5. The van der Waals surface area contributed by atoms with Crippen LogP contribution in [-0.4, -0.2) is 32.8 Å². The summed E-state index contributed by atoms with van der Waals surface area (Å²) in [5, 5.41) is 7.79. The highest BCUT2D eigenvalue weighted by Crippen LogP contribution is 2.30. The van der Waals surface area contributed by atoms with Gasteiger partial charge in [0.15, 0.2) is 5.82 Å². The van der Waals surface area contributed by atoms with Crippen molar-refractivity contribution < 1.29 is 9.59 Å². The molecule has 2 heterocycles. The van der Waals surface area contributed by atoms with Crippen LogP contribution in [0.4, 0.5) is 5.69 Å². The van der Waals surface area contributed by atoms with Crippen LogP contribution in [0.1, 0.15) is 39.0 Å². The Labute approximate surface area is 188 Å². The summed E-state index contributed by atoms with van der Waals surface area (Å²) in [6, 6.07) is 8.35. The van der Waals surface area contributed by atoms with E-state index < -0.39 is 11.8 Å². The number of aryl methyl sites for hydroxylation is 1. The molecule has 7 nitrogen and oxygen atoms in total. The largest absolute Gasteiger partial charge is 0.365 e. The van der Waals surface area contributed by atoms with Gasteiger partial charge in [-0.05, 0) is 42.5 Å². The SMILES string of the molecule is CCc1ccc(Cl)c(C(N)=O)c1NC(=O)c1cc(CSC)nn1-c1ncccc1Cl. The van der Waals surface area contributed by atoms with Crippen LogP contribution >= 0.6 is 35.0 Å². The standard InChI is InChI=1S/C20H19Cl2N5O2S/c1-3-11-6-7-13(21)16(18(23)28)17(11)25-20(29)15-9-12(10-30-2)26-27(15)19-14(22)5-4-8-24-19/h4-9H,3,10H2,1-2H3,(H2,23,28)(H,25,29). The normalized spacial score (nSPS) is 10.8. The van der Waals surface area contributed by atoms with Crippen LogP contribution in [0.3, 0.4) is 0 Å². The fourth-order valence-corrected chi connectivity index (χ4v) is 3.87. The Morgan fingerprint density at radius 3 is 2.63 bits per heavy atom. The number of nitrogens with zero attached hydrogens (tertiary/aromatic N) is 3. The molecule has 0 aliphatic carbocycles. The first-order chi connectivity index (χ1) is 14.4. The first-order valence-electron chi connectivity index (χ1n) is 8.98. The molecule has 1 aromatic carbocycles. The average Bonchev–Trinajstić information content (AvgIpc) is 3.12. The summed E-state index contributed by atoms with van der Waals surface area (Å²) in [7, 11) is 0. The van der Waals surface area contributed by atoms with Crippen LogP contribution in [0, 0.1) is 0 Å². The van der Waals surface area contributed by atoms with Crippen molar-refractivity contribution in [2.45, 2.75) is 19.1 Å². The number of aromatic nitrogens is 3. The van der Waals surface area contributed by atoms with Crippen molar-refractivity contribution >= 4 is 52.5 Å². The smallest absolute Gasteiger partial charge is 0.274 e. The molecule has 10 heteroatoms. The van der Waals surface area contributed by atoms with Gasteiger partial charge in [0, 0.05) is 11.9 Å². The zero-order chi connectivity index (χ0) is 21.8. The second-order valence-corrected chi connectivity index (χ2v) is 7.98. The molecule has 0 atom stereocenters. The maximum atomic E-state index is 13.2. The van der Waals surface area contributed by atoms with Gasteiger partial charge in [0.2, 0.25) is 0 Å². The molecular weight excluding hydrogens is 445 g/mol. The minimum Gasteiger partial charge on any atom is -0.365 e. The molecule has 2 aromatic heterocycles. The number of rotatable bonds is 7. The lowest BCUT2D eigenvalue weighted by Crippen LogP contribution is -2.22. The topological polar surface area (TPSA) is 103 Å². The second-order valence-electron chi connectivity index (χ2n) is 6.30. The number of carbonyl (C=O) groups excluding carboxylic acids is 2. The van der Waals surface area contributed by atoms with Crippen molar-refractivity contribution in [3.63, 3.8) is 0 Å². The molecule has 0 saturated heterocycles. The number of pyridine rings is 1. The summed E-state index contributed by atoms with van der Waals surface area (Å²) < 4.78 is 1.39. The molecule has 3 rings (SSSR count). The molecular formula is C20H19Cl2N5O2S. The van der Waals surface area contributed by atoms with E-state index in [2.05, 4.69) is 15.4 Å². The molecule has 0 saturated carbocycles. The number of hydrogen-bond donors (Lipinski definition) is 2. The lowest BCUT2D eigenvalue weighted by molar-refractivity contribution is 0.100. The highest BCUT2D eigenvalue weighted by Gasteiger charge is 2.23. The molecule has 3 N–H and O–H groups in total. The van der Waals surface area contributed by atoms with Crippen molar-refractivity contribution in [1.82, 2.24) is 14.8 Å². The highest BCUT2D eigenvalue weighted by molar-refractivity contribution is 7.97. The van der Waals surface area contributed by atoms with Gasteiger partial charge in [0.25, 0.3) is 11.8 Å². The van der Waals surface area contributed by atoms with E-state index in [-0.39, 0.29) is 22.0 Å². The van der Waals surface area contributed by atoms with Gasteiger partial charge in [-0.1, -0.05) is 36.2 Å². The molecule has 156 valence electrons. The Bertz CT molecular complexity index is 1120. The first kappa shape index (κ1) is 22.1. The Hall–Kier alpha value is -2.55. The van der Waals surface area contributed by atoms with E-state index in [4.69, 9.17) is 28.9 Å². The van der Waals surface area contributed by atoms with Crippen molar-refractivity contribution in [2.75, 3.05) is 11.6 Å². The van der Waals surface area contributed by atoms with Gasteiger partial charge in [0.1, 0.15) is 5.69 Å². The zero-order valence-corrected chi connectivity index (χ0v) is 18.6. The molecule has 0 fully saturated rings. The summed E-state index contributed by atoms with van der Waals surface area (Å²) in [6.45, 7) is 1.90. The lowest BCUT2D eigenvalue weighted by atomic mass is 10.0. The maximum Gasteiger partial charge on any atom is 0.274 e. The van der Waals surface area contributed by atoms with Gasteiger partial charge in [-0.25, -0.2) is 9.67 Å². The van der Waals surface area contributed by atoms with E-state index in [1.807, 2.05) is 13.2 Å². The number of carbonyl (C=O) groups is 2. The number of halogens is 2. The number of thioether (sulfide) groups is 1. The van der Waals surface area contributed by atoms with E-state index in [1.54, 1.807) is 48.3 Å². The fourth-order valence-electron chi connectivity index (χ4n) is 2.98. The molecule has 0 aliphatic heterocycles. The lowest BCUT2D eigenvalue weighted by Gasteiger charge is -2.15. The molecule has 0 spiro atoms. The van der Waals surface area contributed by atoms with Gasteiger partial charge < -0.3 is 11.1 Å². The van der Waals surface area contributed by atoms with E-state index in [1.165, 1.54) is 4.68 Å². The van der Waals surface area contributed by atoms with E-state index in [9.17, 15) is 9.59 Å². The third kappa shape index (κ3) is 4.45. The minimum atomic E-state index is -0.727. The minimum absolute atomic E-state index is 0.0654. The number of amides is 2. The average molecular weight is 464 g/mol. The van der Waals surface area contributed by atoms with Gasteiger partial charge >= 0.3 is 0 Å². The van der Waals surface area contributed by atoms with E-state index in [0.717, 1.165) is 5.56 Å². The first-order valence-corrected chi connectivity index (χ1v) is 11.1. The van der Waals surface area contributed by atoms with E-state index in [0.29, 0.717) is 28.7 Å². The van der Waals surface area contributed by atoms with Crippen molar-refractivity contribution in [3.8, 4) is 5.82 Å². The van der Waals surface area contributed by atoms with Gasteiger partial charge in [0.05, 0.1) is 27.0 Å². The Balaban J connectivity index is 2.10. The van der Waals surface area contributed by atoms with Crippen LogP contribution in [0.2, 0.25) is 10.0 Å². The van der Waals surface area contributed by atoms with Crippen molar-refractivity contribution in [3.05, 3.63) is 69.1 Å². The molecule has 0 bridgehead atoms. The van der Waals surface area contributed by atoms with E-state index >= 15 is 0 Å². The fraction of sp³-hybridized carbons (Fsp3) is 0.200. The number of primary amides is 1. The van der Waals surface area contributed by atoms with Gasteiger partial charge in [-0.3, -0.25) is 9.59 Å². The second kappa shape index (κ2) is 9.51. The monoisotopic (exact) mass is 463 g/mol. The number of nitrogens with two attached hydrogens (primary N) is 1. The molecule has 0 unspecified atom stereocenters. The van der Waals surface area contributed by atoms with Crippen molar-refractivity contribution in [2.24, 2.45) is 5.73 Å². The summed E-state index contributed by atoms with van der Waals surface area (Å²) in [5.74, 6) is -0.290. The number of benzene rings is 1. The predicted molar refractivity (Wildman–Crippen MR) is 121 cm³/mol. The molecule has 0 aliphatic rings. The number of hydrogen-bond acceptors (Lipinski definition) is 5. The van der Waals surface area contributed by atoms with Crippen molar-refractivity contribution in [1.29, 1.82) is 0 Å². The van der Waals surface area contributed by atoms with Crippen LogP contribution in [0.5, 0.6) is 0 Å². The number of anilines is 1. The Morgan fingerprint density at radius 1 is 1.23 bits per heavy atom. The molecule has 2 amide bonds. The Kier molecular flexibility index (Phi) is 7.02. The summed E-state index contributed by atoms with van der Waals surface area (Å²) in [5.41, 5.74) is 7.50. The summed E-state index contributed by atoms with van der Waals surface area (Å²) >= 11 is 14.0. The maximum absolute atomic E-state index is 13.2. The summed E-state index contributed by atoms with van der Waals surface area (Å²) in [6.07, 6.45) is 4.07. The highest BCUT2D eigenvalue weighted by atomic mass is 35.5. The molecule has 30 heavy (non-hydrogen) atoms. The van der Waals surface area contributed by atoms with Gasteiger partial charge in [-0.2, -0.15) is 16.9 Å². The Morgan fingerprint density at radius 2 is 2.00 bits per heavy atom. The van der Waals surface area contributed by atoms with Crippen LogP contribution < -0.4 is 11.1 Å². The van der Waals surface area contributed by atoms with Gasteiger partial charge in [-0.15, -0.1) is 0 Å². The van der Waals surface area contributed by atoms with Crippen LogP contribution in [-0.2, 0) is 12.2 Å². The van der Waals surface area contributed by atoms with Crippen LogP contribution in [0.15, 0.2) is 36.5 Å². The quantitative estimate of drug-likeness (QED) is 0.541. The predicted octanol–water partition coefficient (Wildman–Crippen LogP) is 4.35. The van der Waals surface area contributed by atoms with Crippen LogP contribution in [0.25, 0.3) is 5.82 Å².